The molecule has 0 spiro atoms. The van der Waals surface area contributed by atoms with E-state index in [0.29, 0.717) is 24.9 Å². The van der Waals surface area contributed by atoms with Crippen LogP contribution in [0.2, 0.25) is 0 Å². The van der Waals surface area contributed by atoms with E-state index in [1.54, 1.807) is 0 Å². The molecule has 2 atom stereocenters. The van der Waals surface area contributed by atoms with Gasteiger partial charge in [-0.25, -0.2) is 23.7 Å². The third-order valence-corrected chi connectivity index (χ3v) is 5.58. The molecule has 2 bridgehead atoms. The molecule has 0 radical (unpaired) electrons. The Bertz CT molecular complexity index is 995. The standard InChI is InChI=1S/C18H19F4N7O2/c19-16(20)31-15-14(23)24-5-12(25-15)11-4-13(28-2-1-18(21,22)8-28)27-17(26-11)29-6-10-3-9(29)7-30-10/h4-5,9-10,16H,1-3,6-8H2,(H2,23,24)/t9-,10-/m0/s1. The van der Waals surface area contributed by atoms with Gasteiger partial charge in [0.2, 0.25) is 5.95 Å². The molecule has 9 nitrogen and oxygen atoms in total. The van der Waals surface area contributed by atoms with Crippen LogP contribution in [-0.2, 0) is 4.74 Å². The predicted molar refractivity (Wildman–Crippen MR) is 101 cm³/mol. The quantitative estimate of drug-likeness (QED) is 0.698. The monoisotopic (exact) mass is 441 g/mol. The zero-order valence-corrected chi connectivity index (χ0v) is 16.2. The van der Waals surface area contributed by atoms with E-state index < -0.39 is 25.0 Å². The molecular formula is C18H19F4N7O2. The van der Waals surface area contributed by atoms with Crippen molar-refractivity contribution >= 4 is 17.6 Å². The zero-order chi connectivity index (χ0) is 21.8. The second-order valence-corrected chi connectivity index (χ2v) is 7.76. The predicted octanol–water partition coefficient (Wildman–Crippen LogP) is 1.94. The molecule has 0 unspecified atom stereocenters. The molecule has 2 aromatic heterocycles. The van der Waals surface area contributed by atoms with Crippen LogP contribution in [0.15, 0.2) is 12.3 Å². The highest BCUT2D eigenvalue weighted by atomic mass is 19.3. The minimum atomic E-state index is -3.13. The fraction of sp³-hybridized carbons (Fsp3) is 0.556. The van der Waals surface area contributed by atoms with Gasteiger partial charge in [-0.3, -0.25) is 0 Å². The van der Waals surface area contributed by atoms with E-state index >= 15 is 0 Å². The number of hydrogen-bond donors (Lipinski definition) is 1. The highest BCUT2D eigenvalue weighted by Crippen LogP contribution is 2.36. The van der Waals surface area contributed by atoms with Gasteiger partial charge in [0.25, 0.3) is 11.8 Å². The molecule has 3 saturated heterocycles. The summed E-state index contributed by atoms with van der Waals surface area (Å²) in [7, 11) is 0. The van der Waals surface area contributed by atoms with Gasteiger partial charge in [-0.05, 0) is 6.42 Å². The molecule has 0 amide bonds. The first-order valence-electron chi connectivity index (χ1n) is 9.75. The van der Waals surface area contributed by atoms with E-state index in [4.69, 9.17) is 10.5 Å². The van der Waals surface area contributed by atoms with Crippen LogP contribution in [0.1, 0.15) is 12.8 Å². The number of ether oxygens (including phenoxy) is 2. The summed E-state index contributed by atoms with van der Waals surface area (Å²) in [6, 6.07) is 1.57. The molecule has 3 aliphatic rings. The van der Waals surface area contributed by atoms with Crippen LogP contribution in [0, 0.1) is 0 Å². The van der Waals surface area contributed by atoms with Gasteiger partial charge in [-0.15, -0.1) is 0 Å². The van der Waals surface area contributed by atoms with Crippen molar-refractivity contribution in [2.75, 3.05) is 41.8 Å². The van der Waals surface area contributed by atoms with E-state index in [9.17, 15) is 17.6 Å². The molecule has 5 rings (SSSR count). The van der Waals surface area contributed by atoms with Crippen molar-refractivity contribution in [3.8, 4) is 17.3 Å². The fourth-order valence-corrected chi connectivity index (χ4v) is 4.10. The second kappa shape index (κ2) is 7.32. The molecule has 3 aliphatic heterocycles. The Kier molecular flexibility index (Phi) is 4.72. The Morgan fingerprint density at radius 2 is 2.06 bits per heavy atom. The highest BCUT2D eigenvalue weighted by molar-refractivity contribution is 5.64. The minimum absolute atomic E-state index is 0.0687. The summed E-state index contributed by atoms with van der Waals surface area (Å²) < 4.78 is 62.9. The Balaban J connectivity index is 1.55. The van der Waals surface area contributed by atoms with Crippen molar-refractivity contribution in [2.45, 2.75) is 37.5 Å². The van der Waals surface area contributed by atoms with E-state index in [1.165, 1.54) is 17.2 Å². The Hall–Kier alpha value is -2.96. The van der Waals surface area contributed by atoms with E-state index in [-0.39, 0.29) is 42.3 Å². The number of rotatable bonds is 5. The zero-order valence-electron chi connectivity index (χ0n) is 16.2. The number of nitrogens with two attached hydrogens (primary N) is 1. The van der Waals surface area contributed by atoms with Crippen LogP contribution in [0.3, 0.4) is 0 Å². The first-order chi connectivity index (χ1) is 14.8. The lowest BCUT2D eigenvalue weighted by molar-refractivity contribution is -0.0524. The number of aromatic nitrogens is 4. The molecule has 3 fully saturated rings. The van der Waals surface area contributed by atoms with Gasteiger partial charge in [-0.1, -0.05) is 0 Å². The molecule has 31 heavy (non-hydrogen) atoms. The maximum Gasteiger partial charge on any atom is 0.388 e. The van der Waals surface area contributed by atoms with Gasteiger partial charge in [0.05, 0.1) is 37.2 Å². The van der Waals surface area contributed by atoms with Crippen molar-refractivity contribution in [3.05, 3.63) is 12.3 Å². The third-order valence-electron chi connectivity index (χ3n) is 5.58. The fourth-order valence-electron chi connectivity index (χ4n) is 4.10. The lowest BCUT2D eigenvalue weighted by Gasteiger charge is -2.28. The molecule has 166 valence electrons. The summed E-state index contributed by atoms with van der Waals surface area (Å²) in [6.07, 6.45) is 1.89. The van der Waals surface area contributed by atoms with Crippen molar-refractivity contribution in [2.24, 2.45) is 0 Å². The first-order valence-corrected chi connectivity index (χ1v) is 9.75. The molecular weight excluding hydrogens is 422 g/mol. The molecule has 13 heteroatoms. The number of nitrogens with zero attached hydrogens (tertiary/aromatic N) is 6. The van der Waals surface area contributed by atoms with Gasteiger partial charge in [0, 0.05) is 25.6 Å². The normalized spacial score (nSPS) is 24.4. The SMILES string of the molecule is Nc1ncc(-c2cc(N3CCC(F)(F)C3)nc(N3C[C@@H]4C[C@H]3CO4)n2)nc1OC(F)F. The number of alkyl halides is 4. The summed E-state index contributed by atoms with van der Waals surface area (Å²) in [5.74, 6) is -3.00. The van der Waals surface area contributed by atoms with Gasteiger partial charge in [0.1, 0.15) is 11.5 Å². The highest BCUT2D eigenvalue weighted by Gasteiger charge is 2.42. The molecule has 0 aromatic carbocycles. The maximum absolute atomic E-state index is 13.8. The van der Waals surface area contributed by atoms with Gasteiger partial charge in [-0.2, -0.15) is 13.8 Å². The summed E-state index contributed by atoms with van der Waals surface area (Å²) >= 11 is 0. The number of anilines is 3. The lowest BCUT2D eigenvalue weighted by atomic mass is 10.2. The maximum atomic E-state index is 13.8. The average Bonchev–Trinajstić information content (AvgIpc) is 3.44. The molecule has 0 saturated carbocycles. The smallest absolute Gasteiger partial charge is 0.388 e. The second-order valence-electron chi connectivity index (χ2n) is 7.76. The van der Waals surface area contributed by atoms with Crippen LogP contribution in [0.25, 0.3) is 11.4 Å². The molecule has 5 heterocycles. The topological polar surface area (TPSA) is 103 Å². The number of nitrogen functional groups attached to an aromatic ring is 1. The van der Waals surface area contributed by atoms with Gasteiger partial charge >= 0.3 is 6.61 Å². The number of fused-ring (bicyclic) bond motifs is 2. The average molecular weight is 441 g/mol. The van der Waals surface area contributed by atoms with Crippen molar-refractivity contribution < 1.29 is 27.0 Å². The summed E-state index contributed by atoms with van der Waals surface area (Å²) in [5, 5.41) is 0. The van der Waals surface area contributed by atoms with Crippen LogP contribution in [0.4, 0.5) is 35.1 Å². The number of morpholine rings is 1. The first kappa shape index (κ1) is 20.0. The lowest BCUT2D eigenvalue weighted by Crippen LogP contribution is -2.38. The van der Waals surface area contributed by atoms with Crippen LogP contribution >= 0.6 is 0 Å². The van der Waals surface area contributed by atoms with Gasteiger partial charge < -0.3 is 25.0 Å². The summed E-state index contributed by atoms with van der Waals surface area (Å²) in [4.78, 5) is 20.3. The van der Waals surface area contributed by atoms with E-state index in [2.05, 4.69) is 24.7 Å². The van der Waals surface area contributed by atoms with Crippen molar-refractivity contribution in [1.29, 1.82) is 0 Å². The number of hydrogen-bond acceptors (Lipinski definition) is 9. The van der Waals surface area contributed by atoms with Crippen molar-refractivity contribution in [1.82, 2.24) is 19.9 Å². The van der Waals surface area contributed by atoms with Crippen LogP contribution in [-0.4, -0.2) is 70.9 Å². The molecule has 0 aliphatic carbocycles. The summed E-state index contributed by atoms with van der Waals surface area (Å²) in [6.45, 7) is -2.35. The third kappa shape index (κ3) is 3.89. The Labute approximate surface area is 174 Å². The minimum Gasteiger partial charge on any atom is -0.413 e. The number of halogens is 4. The Morgan fingerprint density at radius 1 is 1.23 bits per heavy atom. The molecule has 2 aromatic rings. The van der Waals surface area contributed by atoms with Crippen LogP contribution in [0.5, 0.6) is 5.88 Å². The molecule has 2 N–H and O–H groups in total. The van der Waals surface area contributed by atoms with E-state index in [1.807, 2.05) is 4.90 Å². The largest absolute Gasteiger partial charge is 0.413 e. The Morgan fingerprint density at radius 3 is 2.71 bits per heavy atom. The van der Waals surface area contributed by atoms with Gasteiger partial charge in [0.15, 0.2) is 5.82 Å². The summed E-state index contributed by atoms with van der Waals surface area (Å²) in [5.41, 5.74) is 5.92. The van der Waals surface area contributed by atoms with E-state index in [0.717, 1.165) is 6.42 Å². The van der Waals surface area contributed by atoms with Crippen LogP contribution < -0.4 is 20.3 Å². The van der Waals surface area contributed by atoms with Crippen molar-refractivity contribution in [3.63, 3.8) is 0 Å².